The Bertz CT molecular complexity index is 428. The van der Waals surface area contributed by atoms with Crippen LogP contribution in [0.3, 0.4) is 0 Å². The monoisotopic (exact) mass is 291 g/mol. The molecule has 21 heavy (non-hydrogen) atoms. The van der Waals surface area contributed by atoms with Crippen LogP contribution in [0.2, 0.25) is 0 Å². The van der Waals surface area contributed by atoms with Crippen LogP contribution in [0.15, 0.2) is 42.0 Å². The summed E-state index contributed by atoms with van der Waals surface area (Å²) in [4.78, 5) is 5.45. The summed E-state index contributed by atoms with van der Waals surface area (Å²) in [6, 6.07) is 9.96. The molecule has 1 fully saturated rings. The summed E-state index contributed by atoms with van der Waals surface area (Å²) in [6.07, 6.45) is 6.07. The summed E-state index contributed by atoms with van der Waals surface area (Å²) < 4.78 is 0. The van der Waals surface area contributed by atoms with Gasteiger partial charge in [-0.15, -0.1) is 0 Å². The smallest absolute Gasteiger partial charge is 0.124 e. The highest BCUT2D eigenvalue weighted by Gasteiger charge is 2.17. The number of nitrogens with one attached hydrogen (secondary N) is 2. The van der Waals surface area contributed by atoms with Crippen molar-refractivity contribution in [2.24, 2.45) is 11.8 Å². The first-order chi connectivity index (χ1) is 10.3. The number of rotatable bonds is 8. The highest BCUT2D eigenvalue weighted by molar-refractivity contribution is 5.13. The van der Waals surface area contributed by atoms with Gasteiger partial charge < -0.3 is 5.11 Å². The number of aliphatic hydroxyl groups is 1. The number of aliphatic hydroxyl groups excluding tert-OH is 1. The molecule has 0 radical (unpaired) electrons. The fraction of sp³-hybridized carbons (Fsp3) is 0.500. The van der Waals surface area contributed by atoms with Gasteiger partial charge in [-0.05, 0) is 31.2 Å². The van der Waals surface area contributed by atoms with Crippen LogP contribution in [0, 0.1) is 5.92 Å². The summed E-state index contributed by atoms with van der Waals surface area (Å²) in [6.45, 7) is 1.01. The second-order valence-electron chi connectivity index (χ2n) is 5.43. The van der Waals surface area contributed by atoms with E-state index in [1.54, 1.807) is 0 Å². The Balaban J connectivity index is 1.77. The van der Waals surface area contributed by atoms with Crippen molar-refractivity contribution in [1.82, 2.24) is 10.9 Å². The maximum atomic E-state index is 9.92. The van der Waals surface area contributed by atoms with Crippen LogP contribution in [0.4, 0.5) is 0 Å². The molecule has 116 valence electrons. The van der Waals surface area contributed by atoms with E-state index in [1.165, 1.54) is 18.4 Å². The van der Waals surface area contributed by atoms with Gasteiger partial charge in [0, 0.05) is 12.5 Å². The molecule has 5 nitrogen and oxygen atoms in total. The zero-order chi connectivity index (χ0) is 14.9. The van der Waals surface area contributed by atoms with Gasteiger partial charge in [0.2, 0.25) is 0 Å². The summed E-state index contributed by atoms with van der Waals surface area (Å²) in [5.74, 6) is 5.25. The van der Waals surface area contributed by atoms with Crippen molar-refractivity contribution < 1.29 is 9.94 Å². The summed E-state index contributed by atoms with van der Waals surface area (Å²) in [5, 5.41) is 9.92. The molecule has 2 unspecified atom stereocenters. The van der Waals surface area contributed by atoms with Crippen LogP contribution in [0.5, 0.6) is 0 Å². The lowest BCUT2D eigenvalue weighted by Gasteiger charge is -2.20. The lowest BCUT2D eigenvalue weighted by molar-refractivity contribution is 0.00363. The van der Waals surface area contributed by atoms with Crippen LogP contribution < -0.4 is 16.7 Å². The predicted octanol–water partition coefficient (Wildman–Crippen LogP) is 1.61. The van der Waals surface area contributed by atoms with Crippen LogP contribution in [-0.2, 0) is 11.4 Å². The van der Waals surface area contributed by atoms with Crippen molar-refractivity contribution in [3.8, 4) is 0 Å². The predicted molar refractivity (Wildman–Crippen MR) is 82.6 cm³/mol. The second-order valence-corrected chi connectivity index (χ2v) is 5.43. The molecule has 2 atom stereocenters. The van der Waals surface area contributed by atoms with E-state index in [4.69, 9.17) is 10.7 Å². The maximum absolute atomic E-state index is 9.92. The molecular formula is C16H25N3O2. The molecule has 0 bridgehead atoms. The Morgan fingerprint density at radius 2 is 1.95 bits per heavy atom. The second kappa shape index (κ2) is 8.92. The first-order valence-corrected chi connectivity index (χ1v) is 7.52. The number of hydrazine groups is 1. The van der Waals surface area contributed by atoms with E-state index < -0.39 is 6.23 Å². The van der Waals surface area contributed by atoms with Gasteiger partial charge in [0.25, 0.3) is 0 Å². The normalized spacial score (nSPS) is 17.7. The minimum absolute atomic E-state index is 0.0983. The number of hydrogen-bond acceptors (Lipinski definition) is 5. The molecule has 0 heterocycles. The molecule has 0 saturated heterocycles. The zero-order valence-electron chi connectivity index (χ0n) is 12.3. The quantitative estimate of drug-likeness (QED) is 0.192. The molecular weight excluding hydrogens is 266 g/mol. The summed E-state index contributed by atoms with van der Waals surface area (Å²) in [5.41, 5.74) is 7.84. The Labute approximate surface area is 126 Å². The molecule has 5 heteroatoms. The molecule has 0 aliphatic heterocycles. The molecule has 5 N–H and O–H groups in total. The molecule has 0 aromatic heterocycles. The van der Waals surface area contributed by atoms with Crippen LogP contribution in [-0.4, -0.2) is 17.9 Å². The highest BCUT2D eigenvalue weighted by Crippen LogP contribution is 2.25. The third-order valence-corrected chi connectivity index (χ3v) is 3.77. The molecule has 2 rings (SSSR count). The Kier molecular flexibility index (Phi) is 6.85. The van der Waals surface area contributed by atoms with Gasteiger partial charge >= 0.3 is 0 Å². The van der Waals surface area contributed by atoms with E-state index in [-0.39, 0.29) is 5.92 Å². The number of hydrogen-bond donors (Lipinski definition) is 4. The maximum Gasteiger partial charge on any atom is 0.124 e. The fourth-order valence-electron chi connectivity index (χ4n) is 2.55. The van der Waals surface area contributed by atoms with Crippen molar-refractivity contribution in [1.29, 1.82) is 0 Å². The molecule has 1 aromatic rings. The molecule has 1 aromatic carbocycles. The van der Waals surface area contributed by atoms with E-state index in [2.05, 4.69) is 17.0 Å². The Morgan fingerprint density at radius 1 is 1.24 bits per heavy atom. The van der Waals surface area contributed by atoms with E-state index in [0.717, 1.165) is 18.4 Å². The summed E-state index contributed by atoms with van der Waals surface area (Å²) in [7, 11) is 0. The lowest BCUT2D eigenvalue weighted by atomic mass is 10.0. The number of allylic oxidation sites excluding steroid dienone is 1. The van der Waals surface area contributed by atoms with Crippen LogP contribution in [0.1, 0.15) is 31.2 Å². The van der Waals surface area contributed by atoms with Gasteiger partial charge in [-0.2, -0.15) is 0 Å². The van der Waals surface area contributed by atoms with E-state index in [9.17, 15) is 5.11 Å². The molecule has 0 amide bonds. The standard InChI is InChI=1S/C16H25N3O2/c17-19-16(20)15(10-13-6-4-5-7-13)11-18-21-12-14-8-2-1-3-9-14/h1-3,8-10,15-16,18-20H,4-7,11-12,17H2. The van der Waals surface area contributed by atoms with E-state index in [0.29, 0.717) is 13.2 Å². The first-order valence-electron chi connectivity index (χ1n) is 7.52. The Hall–Kier alpha value is -1.24. The minimum atomic E-state index is -0.772. The van der Waals surface area contributed by atoms with Crippen molar-refractivity contribution in [3.05, 3.63) is 47.5 Å². The lowest BCUT2D eigenvalue weighted by Crippen LogP contribution is -2.43. The average molecular weight is 291 g/mol. The van der Waals surface area contributed by atoms with Gasteiger partial charge in [-0.25, -0.2) is 10.9 Å². The SMILES string of the molecule is NNC(O)C(C=C1CCCC1)CNOCc1ccccc1. The third kappa shape index (κ3) is 5.57. The average Bonchev–Trinajstić information content (AvgIpc) is 3.03. The zero-order valence-corrected chi connectivity index (χ0v) is 12.3. The van der Waals surface area contributed by atoms with Crippen molar-refractivity contribution in [2.75, 3.05) is 6.54 Å². The van der Waals surface area contributed by atoms with Crippen molar-refractivity contribution >= 4 is 0 Å². The van der Waals surface area contributed by atoms with Crippen molar-refractivity contribution in [3.63, 3.8) is 0 Å². The van der Waals surface area contributed by atoms with Crippen LogP contribution in [0.25, 0.3) is 0 Å². The molecule has 1 aliphatic carbocycles. The molecule has 1 saturated carbocycles. The van der Waals surface area contributed by atoms with Gasteiger partial charge in [-0.3, -0.25) is 10.7 Å². The van der Waals surface area contributed by atoms with Crippen LogP contribution >= 0.6 is 0 Å². The highest BCUT2D eigenvalue weighted by atomic mass is 16.6. The van der Waals surface area contributed by atoms with Gasteiger partial charge in [-0.1, -0.05) is 42.0 Å². The van der Waals surface area contributed by atoms with Gasteiger partial charge in [0.1, 0.15) is 6.23 Å². The number of benzene rings is 1. The summed E-state index contributed by atoms with van der Waals surface area (Å²) >= 11 is 0. The Morgan fingerprint density at radius 3 is 2.62 bits per heavy atom. The fourth-order valence-corrected chi connectivity index (χ4v) is 2.55. The first kappa shape index (κ1) is 16.1. The number of nitrogens with two attached hydrogens (primary N) is 1. The minimum Gasteiger partial charge on any atom is -0.377 e. The van der Waals surface area contributed by atoms with Gasteiger partial charge in [0.05, 0.1) is 6.61 Å². The molecule has 0 spiro atoms. The largest absolute Gasteiger partial charge is 0.377 e. The van der Waals surface area contributed by atoms with E-state index >= 15 is 0 Å². The molecule has 1 aliphatic rings. The number of hydroxylamine groups is 1. The topological polar surface area (TPSA) is 79.5 Å². The third-order valence-electron chi connectivity index (χ3n) is 3.77. The van der Waals surface area contributed by atoms with E-state index in [1.807, 2.05) is 30.3 Å². The van der Waals surface area contributed by atoms with Gasteiger partial charge in [0.15, 0.2) is 0 Å². The van der Waals surface area contributed by atoms with Crippen molar-refractivity contribution in [2.45, 2.75) is 38.5 Å².